The number of nitrogens with one attached hydrogen (secondary N) is 1. The van der Waals surface area contributed by atoms with Gasteiger partial charge in [-0.2, -0.15) is 0 Å². The van der Waals surface area contributed by atoms with E-state index in [1.54, 1.807) is 0 Å². The maximum absolute atomic E-state index is 13.6. The highest BCUT2D eigenvalue weighted by atomic mass is 35.5. The van der Waals surface area contributed by atoms with Gasteiger partial charge in [0.05, 0.1) is 5.02 Å². The van der Waals surface area contributed by atoms with Crippen molar-refractivity contribution in [2.45, 2.75) is 12.3 Å². The Bertz CT molecular complexity index is 1150. The molecule has 1 amide bonds. The van der Waals surface area contributed by atoms with Crippen LogP contribution >= 0.6 is 23.2 Å². The molecular weight excluding hydrogens is 436 g/mol. The predicted octanol–water partition coefficient (Wildman–Crippen LogP) is 6.41. The van der Waals surface area contributed by atoms with Crippen LogP contribution in [0.2, 0.25) is 10.0 Å². The zero-order valence-electron chi connectivity index (χ0n) is 16.4. The lowest BCUT2D eigenvalue weighted by Crippen LogP contribution is -2.26. The maximum Gasteiger partial charge on any atom is 0.407 e. The third kappa shape index (κ3) is 4.69. The standard InChI is InChI=1S/C25H18Cl2FNO2/c26-17-13-16(24(27)23(28)14-17)7-5-6-12-29-25(30)31-15-22-20-10-3-1-8-18(20)19-9-2-4-11-21(19)22/h1-4,8-11,13-14,22H,6,12,15H2,(H,29,30). The highest BCUT2D eigenvalue weighted by Crippen LogP contribution is 2.44. The van der Waals surface area contributed by atoms with Crippen LogP contribution in [0.3, 0.4) is 0 Å². The molecular formula is C25H18Cl2FNO2. The zero-order valence-corrected chi connectivity index (χ0v) is 17.9. The van der Waals surface area contributed by atoms with Crippen LogP contribution < -0.4 is 5.32 Å². The zero-order chi connectivity index (χ0) is 21.8. The van der Waals surface area contributed by atoms with Crippen LogP contribution in [0.1, 0.15) is 29.0 Å². The molecule has 3 aromatic rings. The second kappa shape index (κ2) is 9.43. The van der Waals surface area contributed by atoms with Gasteiger partial charge in [-0.05, 0) is 34.4 Å². The van der Waals surface area contributed by atoms with Gasteiger partial charge in [-0.3, -0.25) is 0 Å². The van der Waals surface area contributed by atoms with E-state index in [-0.39, 0.29) is 22.6 Å². The van der Waals surface area contributed by atoms with E-state index >= 15 is 0 Å². The molecule has 0 unspecified atom stereocenters. The number of hydrogen-bond acceptors (Lipinski definition) is 2. The molecule has 6 heteroatoms. The summed E-state index contributed by atoms with van der Waals surface area (Å²) in [5.41, 5.74) is 4.99. The summed E-state index contributed by atoms with van der Waals surface area (Å²) in [4.78, 5) is 12.1. The van der Waals surface area contributed by atoms with E-state index in [1.165, 1.54) is 17.2 Å². The summed E-state index contributed by atoms with van der Waals surface area (Å²) in [7, 11) is 0. The molecule has 0 atom stereocenters. The average Bonchev–Trinajstić information content (AvgIpc) is 3.09. The monoisotopic (exact) mass is 453 g/mol. The molecule has 4 rings (SSSR count). The number of ether oxygens (including phenoxy) is 1. The summed E-state index contributed by atoms with van der Waals surface area (Å²) < 4.78 is 19.0. The van der Waals surface area contributed by atoms with E-state index in [9.17, 15) is 9.18 Å². The third-order valence-electron chi connectivity index (χ3n) is 5.08. The predicted molar refractivity (Wildman–Crippen MR) is 121 cm³/mol. The molecule has 0 saturated carbocycles. The van der Waals surface area contributed by atoms with E-state index in [1.807, 2.05) is 24.3 Å². The maximum atomic E-state index is 13.6. The molecule has 0 heterocycles. The first-order valence-electron chi connectivity index (χ1n) is 9.77. The molecule has 1 aliphatic rings. The van der Waals surface area contributed by atoms with Crippen molar-refractivity contribution < 1.29 is 13.9 Å². The molecule has 156 valence electrons. The molecule has 1 N–H and O–H groups in total. The van der Waals surface area contributed by atoms with Crippen LogP contribution in [-0.4, -0.2) is 19.2 Å². The highest BCUT2D eigenvalue weighted by molar-refractivity contribution is 6.34. The van der Waals surface area contributed by atoms with Crippen molar-refractivity contribution in [3.05, 3.63) is 93.2 Å². The Morgan fingerprint density at radius 2 is 1.68 bits per heavy atom. The largest absolute Gasteiger partial charge is 0.449 e. The van der Waals surface area contributed by atoms with Crippen LogP contribution in [0.4, 0.5) is 9.18 Å². The van der Waals surface area contributed by atoms with Gasteiger partial charge in [0, 0.05) is 29.5 Å². The van der Waals surface area contributed by atoms with Gasteiger partial charge in [0.2, 0.25) is 0 Å². The first-order valence-corrected chi connectivity index (χ1v) is 10.5. The Kier molecular flexibility index (Phi) is 6.46. The molecule has 3 aromatic carbocycles. The van der Waals surface area contributed by atoms with Gasteiger partial charge in [-0.15, -0.1) is 0 Å². The SMILES string of the molecule is O=C(NCCC#Cc1cc(Cl)cc(F)c1Cl)OCC1c2ccccc2-c2ccccc21. The molecule has 0 spiro atoms. The first kappa shape index (κ1) is 21.2. The molecule has 0 aliphatic heterocycles. The fourth-order valence-electron chi connectivity index (χ4n) is 3.68. The minimum Gasteiger partial charge on any atom is -0.449 e. The van der Waals surface area contributed by atoms with E-state index in [2.05, 4.69) is 41.4 Å². The van der Waals surface area contributed by atoms with Gasteiger partial charge < -0.3 is 10.1 Å². The van der Waals surface area contributed by atoms with Crippen LogP contribution in [-0.2, 0) is 4.74 Å². The minimum absolute atomic E-state index is 0.0119. The molecule has 0 aromatic heterocycles. The van der Waals surface area contributed by atoms with E-state index < -0.39 is 11.9 Å². The summed E-state index contributed by atoms with van der Waals surface area (Å²) in [6.45, 7) is 0.549. The number of rotatable bonds is 4. The normalized spacial score (nSPS) is 11.8. The molecule has 0 fully saturated rings. The second-order valence-corrected chi connectivity index (χ2v) is 7.87. The Balaban J connectivity index is 1.30. The van der Waals surface area contributed by atoms with Crippen LogP contribution in [0.5, 0.6) is 0 Å². The topological polar surface area (TPSA) is 38.3 Å². The van der Waals surface area contributed by atoms with E-state index in [4.69, 9.17) is 27.9 Å². The van der Waals surface area contributed by atoms with Crippen molar-refractivity contribution in [1.29, 1.82) is 0 Å². The quantitative estimate of drug-likeness (QED) is 0.281. The Labute approximate surface area is 190 Å². The lowest BCUT2D eigenvalue weighted by Gasteiger charge is -2.14. The van der Waals surface area contributed by atoms with Crippen molar-refractivity contribution >= 4 is 29.3 Å². The lowest BCUT2D eigenvalue weighted by molar-refractivity contribution is 0.143. The number of amides is 1. The van der Waals surface area contributed by atoms with Crippen molar-refractivity contribution in [3.8, 4) is 23.0 Å². The van der Waals surface area contributed by atoms with Gasteiger partial charge in [-0.1, -0.05) is 83.6 Å². The number of halogens is 3. The average molecular weight is 454 g/mol. The van der Waals surface area contributed by atoms with Crippen molar-refractivity contribution in [2.24, 2.45) is 0 Å². The fourth-order valence-corrected chi connectivity index (χ4v) is 4.04. The molecule has 0 bridgehead atoms. The molecule has 1 aliphatic carbocycles. The van der Waals surface area contributed by atoms with Crippen molar-refractivity contribution in [2.75, 3.05) is 13.2 Å². The lowest BCUT2D eigenvalue weighted by atomic mass is 9.98. The van der Waals surface area contributed by atoms with Gasteiger partial charge in [0.1, 0.15) is 12.4 Å². The molecule has 0 radical (unpaired) electrons. The van der Waals surface area contributed by atoms with Crippen LogP contribution in [0.15, 0.2) is 60.7 Å². The minimum atomic E-state index is -0.616. The Morgan fingerprint density at radius 3 is 2.35 bits per heavy atom. The second-order valence-electron chi connectivity index (χ2n) is 7.05. The number of fused-ring (bicyclic) bond motifs is 3. The summed E-state index contributed by atoms with van der Waals surface area (Å²) in [5.74, 6) is 5.01. The highest BCUT2D eigenvalue weighted by Gasteiger charge is 2.28. The van der Waals surface area contributed by atoms with Gasteiger partial charge >= 0.3 is 6.09 Å². The fraction of sp³-hybridized carbons (Fsp3) is 0.160. The first-order chi connectivity index (χ1) is 15.0. The van der Waals surface area contributed by atoms with Crippen molar-refractivity contribution in [3.63, 3.8) is 0 Å². The Hall–Kier alpha value is -3.00. The van der Waals surface area contributed by atoms with Crippen LogP contribution in [0.25, 0.3) is 11.1 Å². The van der Waals surface area contributed by atoms with E-state index in [0.717, 1.165) is 17.2 Å². The number of hydrogen-bond donors (Lipinski definition) is 1. The molecule has 3 nitrogen and oxygen atoms in total. The smallest absolute Gasteiger partial charge is 0.407 e. The number of benzene rings is 3. The summed E-state index contributed by atoms with van der Waals surface area (Å²) in [6.07, 6.45) is -0.148. The number of carbonyl (C=O) groups excluding carboxylic acids is 1. The van der Waals surface area contributed by atoms with Gasteiger partial charge in [0.25, 0.3) is 0 Å². The summed E-state index contributed by atoms with van der Waals surface area (Å²) >= 11 is 11.7. The van der Waals surface area contributed by atoms with Crippen LogP contribution in [0, 0.1) is 17.7 Å². The van der Waals surface area contributed by atoms with Crippen molar-refractivity contribution in [1.82, 2.24) is 5.32 Å². The summed E-state index contributed by atoms with van der Waals surface area (Å²) in [6, 6.07) is 19.0. The van der Waals surface area contributed by atoms with E-state index in [0.29, 0.717) is 18.5 Å². The third-order valence-corrected chi connectivity index (χ3v) is 5.68. The number of carbonyl (C=O) groups is 1. The number of alkyl carbamates (subject to hydrolysis) is 1. The molecule has 0 saturated heterocycles. The molecule has 31 heavy (non-hydrogen) atoms. The van der Waals surface area contributed by atoms with Gasteiger partial charge in [-0.25, -0.2) is 9.18 Å². The Morgan fingerprint density at radius 1 is 1.03 bits per heavy atom. The summed E-state index contributed by atoms with van der Waals surface area (Å²) in [5, 5.41) is 2.84. The van der Waals surface area contributed by atoms with Gasteiger partial charge in [0.15, 0.2) is 0 Å².